The Morgan fingerprint density at radius 1 is 1.00 bits per heavy atom. The van der Waals surface area contributed by atoms with E-state index in [2.05, 4.69) is 12.2 Å². The maximum absolute atomic E-state index is 11.8. The predicted molar refractivity (Wildman–Crippen MR) is 84.4 cm³/mol. The molecule has 1 aromatic rings. The van der Waals surface area contributed by atoms with E-state index >= 15 is 0 Å². The lowest BCUT2D eigenvalue weighted by Gasteiger charge is -2.07. The van der Waals surface area contributed by atoms with Crippen LogP contribution in [-0.4, -0.2) is 18.5 Å². The highest BCUT2D eigenvalue weighted by molar-refractivity contribution is 5.93. The summed E-state index contributed by atoms with van der Waals surface area (Å²) < 4.78 is 5.18. The molecule has 1 N–H and O–H groups in total. The summed E-state index contributed by atoms with van der Waals surface area (Å²) in [7, 11) is 0. The molecular weight excluding hydrogens is 266 g/mol. The zero-order chi connectivity index (χ0) is 15.5. The quantitative estimate of drug-likeness (QED) is 0.549. The number of rotatable bonds is 9. The van der Waals surface area contributed by atoms with Gasteiger partial charge >= 0.3 is 5.97 Å². The van der Waals surface area contributed by atoms with Crippen LogP contribution >= 0.6 is 0 Å². The van der Waals surface area contributed by atoms with E-state index in [0.29, 0.717) is 24.3 Å². The van der Waals surface area contributed by atoms with Crippen LogP contribution in [0.2, 0.25) is 0 Å². The molecule has 4 heteroatoms. The van der Waals surface area contributed by atoms with E-state index in [1.165, 1.54) is 0 Å². The number of hydrogen-bond donors (Lipinski definition) is 1. The van der Waals surface area contributed by atoms with Crippen LogP contribution in [0, 0.1) is 0 Å². The molecule has 0 saturated heterocycles. The highest BCUT2D eigenvalue weighted by atomic mass is 16.5. The van der Waals surface area contributed by atoms with Gasteiger partial charge in [-0.15, -0.1) is 0 Å². The second-order valence-electron chi connectivity index (χ2n) is 5.07. The smallest absolute Gasteiger partial charge is 0.338 e. The first-order valence-electron chi connectivity index (χ1n) is 7.74. The van der Waals surface area contributed by atoms with Crippen molar-refractivity contribution in [3.05, 3.63) is 29.8 Å². The highest BCUT2D eigenvalue weighted by Crippen LogP contribution is 2.12. The highest BCUT2D eigenvalue weighted by Gasteiger charge is 2.07. The van der Waals surface area contributed by atoms with Crippen LogP contribution < -0.4 is 5.32 Å². The van der Waals surface area contributed by atoms with Gasteiger partial charge in [-0.3, -0.25) is 4.79 Å². The number of amides is 1. The van der Waals surface area contributed by atoms with E-state index < -0.39 is 0 Å². The van der Waals surface area contributed by atoms with Gasteiger partial charge in [0.25, 0.3) is 0 Å². The summed E-state index contributed by atoms with van der Waals surface area (Å²) in [4.78, 5) is 23.4. The molecule has 0 aliphatic heterocycles. The topological polar surface area (TPSA) is 55.4 Å². The van der Waals surface area contributed by atoms with Crippen LogP contribution in [0.4, 0.5) is 5.69 Å². The number of carbonyl (C=O) groups excluding carboxylic acids is 2. The molecule has 0 aliphatic carbocycles. The van der Waals surface area contributed by atoms with Crippen LogP contribution in [0.3, 0.4) is 0 Å². The van der Waals surface area contributed by atoms with Crippen molar-refractivity contribution in [3.8, 4) is 0 Å². The van der Waals surface area contributed by atoms with Gasteiger partial charge in [-0.2, -0.15) is 0 Å². The third kappa shape index (κ3) is 6.93. The SMILES string of the molecule is CCCCCOC(=O)c1ccc(NC(=O)CCCC)cc1. The first-order valence-corrected chi connectivity index (χ1v) is 7.74. The fourth-order valence-electron chi connectivity index (χ4n) is 1.85. The predicted octanol–water partition coefficient (Wildman–Crippen LogP) is 4.16. The molecular formula is C17H25NO3. The van der Waals surface area contributed by atoms with Crippen molar-refractivity contribution in [2.45, 2.75) is 52.4 Å². The second-order valence-corrected chi connectivity index (χ2v) is 5.07. The van der Waals surface area contributed by atoms with Crippen LogP contribution in [0.15, 0.2) is 24.3 Å². The number of unbranched alkanes of at least 4 members (excludes halogenated alkanes) is 3. The lowest BCUT2D eigenvalue weighted by molar-refractivity contribution is -0.116. The molecule has 0 radical (unpaired) electrons. The molecule has 1 amide bonds. The van der Waals surface area contributed by atoms with Crippen molar-refractivity contribution in [1.29, 1.82) is 0 Å². The fourth-order valence-corrected chi connectivity index (χ4v) is 1.85. The molecule has 116 valence electrons. The van der Waals surface area contributed by atoms with E-state index in [1.54, 1.807) is 24.3 Å². The molecule has 0 aromatic heterocycles. The number of ether oxygens (including phenoxy) is 1. The minimum absolute atomic E-state index is 0.00624. The molecule has 4 nitrogen and oxygen atoms in total. The maximum Gasteiger partial charge on any atom is 0.338 e. The summed E-state index contributed by atoms with van der Waals surface area (Å²) in [5, 5.41) is 2.81. The van der Waals surface area contributed by atoms with Gasteiger partial charge in [-0.1, -0.05) is 33.1 Å². The Labute approximate surface area is 126 Å². The van der Waals surface area contributed by atoms with Gasteiger partial charge < -0.3 is 10.1 Å². The standard InChI is InChI=1S/C17H25NO3/c1-3-5-7-13-21-17(20)14-9-11-15(12-10-14)18-16(19)8-6-4-2/h9-12H,3-8,13H2,1-2H3,(H,18,19). The average molecular weight is 291 g/mol. The van der Waals surface area contributed by atoms with Crippen molar-refractivity contribution >= 4 is 17.6 Å². The Bertz CT molecular complexity index is 440. The Kier molecular flexibility index (Phi) is 8.17. The Morgan fingerprint density at radius 3 is 2.29 bits per heavy atom. The third-order valence-electron chi connectivity index (χ3n) is 3.14. The Morgan fingerprint density at radius 2 is 1.67 bits per heavy atom. The summed E-state index contributed by atoms with van der Waals surface area (Å²) in [5.74, 6) is -0.304. The average Bonchev–Trinajstić information content (AvgIpc) is 2.50. The van der Waals surface area contributed by atoms with Crippen LogP contribution in [-0.2, 0) is 9.53 Å². The summed E-state index contributed by atoms with van der Waals surface area (Å²) in [5.41, 5.74) is 1.22. The number of esters is 1. The van der Waals surface area contributed by atoms with Gasteiger partial charge in [0.2, 0.25) is 5.91 Å². The molecule has 0 fully saturated rings. The van der Waals surface area contributed by atoms with Gasteiger partial charge in [0, 0.05) is 12.1 Å². The zero-order valence-electron chi connectivity index (χ0n) is 13.0. The van der Waals surface area contributed by atoms with Gasteiger partial charge in [-0.25, -0.2) is 4.79 Å². The van der Waals surface area contributed by atoms with E-state index in [9.17, 15) is 9.59 Å². The Hall–Kier alpha value is -1.84. The molecule has 0 atom stereocenters. The minimum atomic E-state index is -0.310. The van der Waals surface area contributed by atoms with Crippen LogP contribution in [0.1, 0.15) is 62.7 Å². The first-order chi connectivity index (χ1) is 10.2. The number of benzene rings is 1. The van der Waals surface area contributed by atoms with E-state index in [1.807, 2.05) is 6.92 Å². The van der Waals surface area contributed by atoms with Gasteiger partial charge in [0.15, 0.2) is 0 Å². The minimum Gasteiger partial charge on any atom is -0.462 e. The molecule has 0 heterocycles. The van der Waals surface area contributed by atoms with Crippen molar-refractivity contribution in [2.75, 3.05) is 11.9 Å². The van der Waals surface area contributed by atoms with Gasteiger partial charge in [0.05, 0.1) is 12.2 Å². The Balaban J connectivity index is 2.42. The van der Waals surface area contributed by atoms with Crippen LogP contribution in [0.5, 0.6) is 0 Å². The van der Waals surface area contributed by atoms with Crippen molar-refractivity contribution < 1.29 is 14.3 Å². The first kappa shape index (κ1) is 17.2. The molecule has 0 saturated carbocycles. The van der Waals surface area contributed by atoms with E-state index in [4.69, 9.17) is 4.74 Å². The van der Waals surface area contributed by atoms with Crippen molar-refractivity contribution in [2.24, 2.45) is 0 Å². The summed E-state index contributed by atoms with van der Waals surface area (Å²) in [6, 6.07) is 6.81. The molecule has 0 aliphatic rings. The van der Waals surface area contributed by atoms with Crippen LogP contribution in [0.25, 0.3) is 0 Å². The van der Waals surface area contributed by atoms with Crippen molar-refractivity contribution in [1.82, 2.24) is 0 Å². The number of nitrogens with one attached hydrogen (secondary N) is 1. The second kappa shape index (κ2) is 9.97. The normalized spacial score (nSPS) is 10.2. The molecule has 1 rings (SSSR count). The molecule has 21 heavy (non-hydrogen) atoms. The van der Waals surface area contributed by atoms with Crippen molar-refractivity contribution in [3.63, 3.8) is 0 Å². The number of hydrogen-bond acceptors (Lipinski definition) is 3. The lowest BCUT2D eigenvalue weighted by Crippen LogP contribution is -2.11. The largest absolute Gasteiger partial charge is 0.462 e. The van der Waals surface area contributed by atoms with Gasteiger partial charge in [0.1, 0.15) is 0 Å². The summed E-state index contributed by atoms with van der Waals surface area (Å²) in [6.45, 7) is 4.62. The van der Waals surface area contributed by atoms with E-state index in [0.717, 1.165) is 32.1 Å². The van der Waals surface area contributed by atoms with E-state index in [-0.39, 0.29) is 11.9 Å². The molecule has 0 bridgehead atoms. The summed E-state index contributed by atoms with van der Waals surface area (Å²) >= 11 is 0. The fraction of sp³-hybridized carbons (Fsp3) is 0.529. The number of anilines is 1. The maximum atomic E-state index is 11.8. The van der Waals surface area contributed by atoms with Gasteiger partial charge in [-0.05, 0) is 37.1 Å². The monoisotopic (exact) mass is 291 g/mol. The number of carbonyl (C=O) groups is 2. The zero-order valence-corrected chi connectivity index (χ0v) is 13.0. The molecule has 0 unspecified atom stereocenters. The third-order valence-corrected chi connectivity index (χ3v) is 3.14. The summed E-state index contributed by atoms with van der Waals surface area (Å²) in [6.07, 6.45) is 5.47. The molecule has 0 spiro atoms. The molecule has 1 aromatic carbocycles. The lowest BCUT2D eigenvalue weighted by atomic mass is 10.2.